The van der Waals surface area contributed by atoms with Crippen molar-refractivity contribution in [1.29, 1.82) is 0 Å². The van der Waals surface area contributed by atoms with Gasteiger partial charge in [-0.3, -0.25) is 0 Å². The van der Waals surface area contributed by atoms with Crippen LogP contribution in [0.15, 0.2) is 5.18 Å². The maximum Gasteiger partial charge on any atom is 0.0928 e. The van der Waals surface area contributed by atoms with E-state index in [2.05, 4.69) is 5.18 Å². The molecule has 0 aromatic rings. The number of hydroxylamine groups is 2. The van der Waals surface area contributed by atoms with Gasteiger partial charge in [-0.15, -0.1) is 0 Å². The summed E-state index contributed by atoms with van der Waals surface area (Å²) in [7, 11) is 0. The summed E-state index contributed by atoms with van der Waals surface area (Å²) >= 11 is 0. The molecule has 0 atom stereocenters. The summed E-state index contributed by atoms with van der Waals surface area (Å²) in [6.07, 6.45) is 0. The van der Waals surface area contributed by atoms with Crippen molar-refractivity contribution in [2.45, 2.75) is 0 Å². The van der Waals surface area contributed by atoms with Crippen LogP contribution in [0.3, 0.4) is 0 Å². The number of nitroso groups, excluding NO2 is 1. The van der Waals surface area contributed by atoms with E-state index in [1.807, 2.05) is 0 Å². The normalized spacial score (nSPS) is 10.1. The molecule has 0 radical (unpaired) electrons. The number of aliphatic hydroxyl groups is 1. The molecule has 0 saturated heterocycles. The lowest BCUT2D eigenvalue weighted by Gasteiger charge is -2.24. The highest BCUT2D eigenvalue weighted by atomic mass is 16.5. The van der Waals surface area contributed by atoms with Crippen molar-refractivity contribution in [3.8, 4) is 0 Å². The van der Waals surface area contributed by atoms with Crippen molar-refractivity contribution < 1.29 is 5.11 Å². The lowest BCUT2D eigenvalue weighted by Crippen LogP contribution is -2.22. The molecular formula is C4H9N2O3-. The van der Waals surface area contributed by atoms with Gasteiger partial charge < -0.3 is 15.4 Å². The van der Waals surface area contributed by atoms with Crippen molar-refractivity contribution >= 4 is 0 Å². The van der Waals surface area contributed by atoms with E-state index < -0.39 is 0 Å². The Labute approximate surface area is 52.8 Å². The molecule has 0 heterocycles. The molecule has 0 aliphatic rings. The fourth-order valence-electron chi connectivity index (χ4n) is 0.376. The molecule has 5 heteroatoms. The first kappa shape index (κ1) is 8.48. The molecule has 0 amide bonds. The maximum absolute atomic E-state index is 10.4. The highest BCUT2D eigenvalue weighted by Gasteiger charge is 1.87. The number of hydrogen-bond donors (Lipinski definition) is 1. The van der Waals surface area contributed by atoms with E-state index in [1.165, 1.54) is 0 Å². The molecule has 0 aromatic heterocycles. The number of hydrogen-bond acceptors (Lipinski definition) is 5. The van der Waals surface area contributed by atoms with E-state index in [-0.39, 0.29) is 26.2 Å². The molecule has 0 aliphatic heterocycles. The minimum absolute atomic E-state index is 0.0104. The Hall–Kier alpha value is -0.520. The van der Waals surface area contributed by atoms with Crippen LogP contribution in [0.2, 0.25) is 0 Å². The molecule has 0 bridgehead atoms. The van der Waals surface area contributed by atoms with Gasteiger partial charge in [0.15, 0.2) is 0 Å². The molecule has 0 rings (SSSR count). The third-order valence-corrected chi connectivity index (χ3v) is 0.790. The Kier molecular flexibility index (Phi) is 5.29. The zero-order valence-corrected chi connectivity index (χ0v) is 4.99. The fourth-order valence-corrected chi connectivity index (χ4v) is 0.376. The second kappa shape index (κ2) is 5.61. The van der Waals surface area contributed by atoms with Gasteiger partial charge >= 0.3 is 0 Å². The van der Waals surface area contributed by atoms with Gasteiger partial charge in [0.1, 0.15) is 0 Å². The topological polar surface area (TPSA) is 76.0 Å². The predicted octanol–water partition coefficient (Wildman–Crippen LogP) is -0.455. The Bertz CT molecular complexity index is 78.2. The van der Waals surface area contributed by atoms with Gasteiger partial charge in [0, 0.05) is 13.1 Å². The fraction of sp³-hybridized carbons (Fsp3) is 1.00. The first-order valence-corrected chi connectivity index (χ1v) is 2.63. The lowest BCUT2D eigenvalue weighted by molar-refractivity contribution is 0.239. The van der Waals surface area contributed by atoms with Gasteiger partial charge in [-0.1, -0.05) is 5.18 Å². The first-order chi connectivity index (χ1) is 4.31. The minimum Gasteiger partial charge on any atom is -0.785 e. The number of aliphatic hydroxyl groups excluding tert-OH is 1. The molecule has 0 spiro atoms. The Balaban J connectivity index is 3.04. The standard InChI is InChI=1S/C4H9N2O3/c7-4-3-6(9)2-1-5-8/h7H,1-4H2/q-1. The average Bonchev–Trinajstić information content (AvgIpc) is 1.85. The Morgan fingerprint density at radius 2 is 2.22 bits per heavy atom. The van der Waals surface area contributed by atoms with Crippen LogP contribution in [0.5, 0.6) is 0 Å². The summed E-state index contributed by atoms with van der Waals surface area (Å²) in [5.74, 6) is 0. The third kappa shape index (κ3) is 5.35. The largest absolute Gasteiger partial charge is 0.785 e. The van der Waals surface area contributed by atoms with Gasteiger partial charge in [0.05, 0.1) is 13.2 Å². The van der Waals surface area contributed by atoms with Crippen molar-refractivity contribution in [1.82, 2.24) is 5.06 Å². The molecule has 5 nitrogen and oxygen atoms in total. The SMILES string of the molecule is O=NCCN([O-])CCO. The van der Waals surface area contributed by atoms with Gasteiger partial charge in [0.25, 0.3) is 0 Å². The number of rotatable bonds is 5. The van der Waals surface area contributed by atoms with Gasteiger partial charge in [-0.25, -0.2) is 0 Å². The molecule has 0 aromatic carbocycles. The predicted molar refractivity (Wildman–Crippen MR) is 32.7 cm³/mol. The van der Waals surface area contributed by atoms with Crippen molar-refractivity contribution in [3.05, 3.63) is 10.1 Å². The quantitative estimate of drug-likeness (QED) is 0.407. The molecule has 9 heavy (non-hydrogen) atoms. The minimum atomic E-state index is -0.178. The van der Waals surface area contributed by atoms with Crippen LogP contribution in [-0.4, -0.2) is 36.4 Å². The molecule has 54 valence electrons. The molecule has 0 aliphatic carbocycles. The Morgan fingerprint density at radius 3 is 2.67 bits per heavy atom. The highest BCUT2D eigenvalue weighted by Crippen LogP contribution is 1.81. The van der Waals surface area contributed by atoms with Crippen LogP contribution in [-0.2, 0) is 0 Å². The lowest BCUT2D eigenvalue weighted by atomic mass is 10.6. The summed E-state index contributed by atoms with van der Waals surface area (Å²) < 4.78 is 0. The first-order valence-electron chi connectivity index (χ1n) is 2.63. The summed E-state index contributed by atoms with van der Waals surface area (Å²) in [6.45, 7) is -0.0641. The van der Waals surface area contributed by atoms with Crippen LogP contribution < -0.4 is 0 Å². The summed E-state index contributed by atoms with van der Waals surface area (Å²) in [4.78, 5) is 9.44. The van der Waals surface area contributed by atoms with Gasteiger partial charge in [-0.2, -0.15) is 4.91 Å². The van der Waals surface area contributed by atoms with Gasteiger partial charge in [-0.05, 0) is 0 Å². The van der Waals surface area contributed by atoms with Crippen molar-refractivity contribution in [3.63, 3.8) is 0 Å². The average molecular weight is 133 g/mol. The number of nitrogens with zero attached hydrogens (tertiary/aromatic N) is 2. The highest BCUT2D eigenvalue weighted by molar-refractivity contribution is 4.56. The van der Waals surface area contributed by atoms with Crippen LogP contribution >= 0.6 is 0 Å². The second-order valence-corrected chi connectivity index (χ2v) is 1.51. The second-order valence-electron chi connectivity index (χ2n) is 1.51. The molecule has 0 fully saturated rings. The van der Waals surface area contributed by atoms with Crippen molar-refractivity contribution in [2.75, 3.05) is 26.2 Å². The van der Waals surface area contributed by atoms with E-state index in [0.29, 0.717) is 5.06 Å². The molecule has 1 N–H and O–H groups in total. The van der Waals surface area contributed by atoms with E-state index in [0.717, 1.165) is 0 Å². The van der Waals surface area contributed by atoms with Crippen LogP contribution in [0, 0.1) is 10.1 Å². The monoisotopic (exact) mass is 133 g/mol. The van der Waals surface area contributed by atoms with Crippen molar-refractivity contribution in [2.24, 2.45) is 5.18 Å². The smallest absolute Gasteiger partial charge is 0.0928 e. The third-order valence-electron chi connectivity index (χ3n) is 0.790. The zero-order valence-electron chi connectivity index (χ0n) is 4.99. The van der Waals surface area contributed by atoms with Gasteiger partial charge in [0.2, 0.25) is 0 Å². The summed E-state index contributed by atoms with van der Waals surface area (Å²) in [5.41, 5.74) is 0. The summed E-state index contributed by atoms with van der Waals surface area (Å²) in [6, 6.07) is 0. The molecule has 0 unspecified atom stereocenters. The van der Waals surface area contributed by atoms with E-state index in [1.54, 1.807) is 0 Å². The van der Waals surface area contributed by atoms with Crippen LogP contribution in [0.4, 0.5) is 0 Å². The Morgan fingerprint density at radius 1 is 1.56 bits per heavy atom. The zero-order chi connectivity index (χ0) is 7.11. The summed E-state index contributed by atoms with van der Waals surface area (Å²) in [5, 5.41) is 21.6. The molecular weight excluding hydrogens is 124 g/mol. The van der Waals surface area contributed by atoms with E-state index in [4.69, 9.17) is 5.11 Å². The maximum atomic E-state index is 10.4. The van der Waals surface area contributed by atoms with E-state index >= 15 is 0 Å². The van der Waals surface area contributed by atoms with E-state index in [9.17, 15) is 10.1 Å². The van der Waals surface area contributed by atoms with Crippen LogP contribution in [0.25, 0.3) is 0 Å². The van der Waals surface area contributed by atoms with Crippen LogP contribution in [0.1, 0.15) is 0 Å². The molecule has 0 saturated carbocycles.